The number of nitrogens with zero attached hydrogens (tertiary/aromatic N) is 1. The van der Waals surface area contributed by atoms with Gasteiger partial charge in [0.25, 0.3) is 5.69 Å². The Morgan fingerprint density at radius 1 is 1.45 bits per heavy atom. The lowest BCUT2D eigenvalue weighted by Gasteiger charge is -2.23. The third-order valence-electron chi connectivity index (χ3n) is 3.32. The highest BCUT2D eigenvalue weighted by molar-refractivity contribution is 7.89. The summed E-state index contributed by atoms with van der Waals surface area (Å²) >= 11 is 5.75. The van der Waals surface area contributed by atoms with E-state index in [1.807, 2.05) is 0 Å². The Labute approximate surface area is 132 Å². The first-order valence-electron chi connectivity index (χ1n) is 6.44. The summed E-state index contributed by atoms with van der Waals surface area (Å²) in [6.07, 6.45) is 0.604. The molecule has 1 aromatic carbocycles. The van der Waals surface area contributed by atoms with Gasteiger partial charge in [-0.2, -0.15) is 0 Å². The zero-order valence-electron chi connectivity index (χ0n) is 11.6. The van der Waals surface area contributed by atoms with Crippen LogP contribution in [0.1, 0.15) is 18.4 Å². The first kappa shape index (κ1) is 16.7. The van der Waals surface area contributed by atoms with Crippen LogP contribution in [-0.4, -0.2) is 31.8 Å². The van der Waals surface area contributed by atoms with Crippen LogP contribution in [0.3, 0.4) is 0 Å². The van der Waals surface area contributed by atoms with Crippen molar-refractivity contribution in [1.82, 2.24) is 10.0 Å². The van der Waals surface area contributed by atoms with E-state index in [1.54, 1.807) is 0 Å². The van der Waals surface area contributed by atoms with Crippen LogP contribution < -0.4 is 10.0 Å². The Bertz CT molecular complexity index is 725. The molecule has 1 aromatic rings. The molecule has 0 saturated carbocycles. The van der Waals surface area contributed by atoms with Gasteiger partial charge in [0, 0.05) is 25.1 Å². The van der Waals surface area contributed by atoms with Crippen LogP contribution in [0.5, 0.6) is 0 Å². The van der Waals surface area contributed by atoms with Crippen molar-refractivity contribution in [2.45, 2.75) is 30.7 Å². The molecule has 0 spiro atoms. The topological polar surface area (TPSA) is 118 Å². The van der Waals surface area contributed by atoms with Gasteiger partial charge in [-0.25, -0.2) is 13.1 Å². The highest BCUT2D eigenvalue weighted by atomic mass is 35.5. The van der Waals surface area contributed by atoms with Gasteiger partial charge in [-0.3, -0.25) is 14.9 Å². The largest absolute Gasteiger partial charge is 0.355 e. The molecule has 120 valence electrons. The fraction of sp³-hybridized carbons (Fsp3) is 0.417. The average Bonchev–Trinajstić information content (AvgIpc) is 2.40. The monoisotopic (exact) mass is 347 g/mol. The van der Waals surface area contributed by atoms with E-state index in [-0.39, 0.29) is 28.8 Å². The Balaban J connectivity index is 2.31. The van der Waals surface area contributed by atoms with Gasteiger partial charge in [-0.15, -0.1) is 0 Å². The van der Waals surface area contributed by atoms with Crippen molar-refractivity contribution in [2.24, 2.45) is 0 Å². The first-order chi connectivity index (χ1) is 10.2. The summed E-state index contributed by atoms with van der Waals surface area (Å²) in [7, 11) is -3.95. The third-order valence-corrected chi connectivity index (χ3v) is 5.28. The number of aryl methyl sites for hydroxylation is 1. The number of sulfonamides is 1. The fourth-order valence-electron chi connectivity index (χ4n) is 2.19. The number of amides is 1. The van der Waals surface area contributed by atoms with Crippen molar-refractivity contribution in [3.63, 3.8) is 0 Å². The van der Waals surface area contributed by atoms with E-state index < -0.39 is 26.7 Å². The van der Waals surface area contributed by atoms with E-state index in [2.05, 4.69) is 10.0 Å². The highest BCUT2D eigenvalue weighted by Gasteiger charge is 2.27. The standard InChI is InChI=1S/C12H14ClN3O5S/c1-7-4-9(13)10(16(18)19)5-11(7)22(20,21)15-8-2-3-12(17)14-6-8/h4-5,8,15H,2-3,6H2,1H3,(H,14,17)/t8-/m1/s1. The van der Waals surface area contributed by atoms with Crippen LogP contribution in [-0.2, 0) is 14.8 Å². The lowest BCUT2D eigenvalue weighted by Crippen LogP contribution is -2.47. The summed E-state index contributed by atoms with van der Waals surface area (Å²) in [4.78, 5) is 21.0. The summed E-state index contributed by atoms with van der Waals surface area (Å²) in [6.45, 7) is 1.69. The van der Waals surface area contributed by atoms with Crippen LogP contribution in [0.2, 0.25) is 5.02 Å². The summed E-state index contributed by atoms with van der Waals surface area (Å²) < 4.78 is 27.2. The number of nitrogens with one attached hydrogen (secondary N) is 2. The zero-order chi connectivity index (χ0) is 16.5. The number of carbonyl (C=O) groups excluding carboxylic acids is 1. The molecule has 1 saturated heterocycles. The molecule has 1 heterocycles. The molecule has 1 aliphatic heterocycles. The fourth-order valence-corrected chi connectivity index (χ4v) is 3.99. The lowest BCUT2D eigenvalue weighted by atomic mass is 10.1. The number of hydrogen-bond acceptors (Lipinski definition) is 5. The van der Waals surface area contributed by atoms with Gasteiger partial charge < -0.3 is 5.32 Å². The molecule has 8 nitrogen and oxygen atoms in total. The van der Waals surface area contributed by atoms with Crippen molar-refractivity contribution >= 4 is 33.2 Å². The maximum Gasteiger partial charge on any atom is 0.289 e. The van der Waals surface area contributed by atoms with E-state index in [0.717, 1.165) is 6.07 Å². The minimum atomic E-state index is -3.95. The molecule has 1 amide bonds. The van der Waals surface area contributed by atoms with Gasteiger partial charge in [-0.1, -0.05) is 11.6 Å². The molecule has 1 aliphatic rings. The molecule has 0 bridgehead atoms. The van der Waals surface area contributed by atoms with Crippen LogP contribution in [0.15, 0.2) is 17.0 Å². The number of benzene rings is 1. The number of hydrogen-bond donors (Lipinski definition) is 2. The minimum Gasteiger partial charge on any atom is -0.355 e. The van der Waals surface area contributed by atoms with Crippen molar-refractivity contribution in [2.75, 3.05) is 6.54 Å². The number of piperidine rings is 1. The van der Waals surface area contributed by atoms with Crippen molar-refractivity contribution in [1.29, 1.82) is 0 Å². The van der Waals surface area contributed by atoms with Gasteiger partial charge in [0.05, 0.1) is 9.82 Å². The molecular formula is C12H14ClN3O5S. The Morgan fingerprint density at radius 2 is 2.14 bits per heavy atom. The molecule has 1 atom stereocenters. The lowest BCUT2D eigenvalue weighted by molar-refractivity contribution is -0.384. The van der Waals surface area contributed by atoms with Crippen LogP contribution in [0.4, 0.5) is 5.69 Å². The molecule has 2 N–H and O–H groups in total. The minimum absolute atomic E-state index is 0.119. The Hall–Kier alpha value is -1.71. The maximum absolute atomic E-state index is 12.4. The van der Waals surface area contributed by atoms with Crippen molar-refractivity contribution in [3.05, 3.63) is 32.8 Å². The smallest absolute Gasteiger partial charge is 0.289 e. The van der Waals surface area contributed by atoms with Gasteiger partial charge in [0.15, 0.2) is 0 Å². The maximum atomic E-state index is 12.4. The van der Waals surface area contributed by atoms with E-state index >= 15 is 0 Å². The van der Waals surface area contributed by atoms with E-state index in [4.69, 9.17) is 11.6 Å². The normalized spacial score (nSPS) is 18.8. The number of rotatable bonds is 4. The summed E-state index contributed by atoms with van der Waals surface area (Å²) in [5, 5.41) is 13.3. The Kier molecular flexibility index (Phi) is 4.69. The Morgan fingerprint density at radius 3 is 2.68 bits per heavy atom. The van der Waals surface area contributed by atoms with E-state index in [1.165, 1.54) is 13.0 Å². The molecule has 2 rings (SSSR count). The first-order valence-corrected chi connectivity index (χ1v) is 8.30. The van der Waals surface area contributed by atoms with Crippen molar-refractivity contribution in [3.8, 4) is 0 Å². The average molecular weight is 348 g/mol. The van der Waals surface area contributed by atoms with E-state index in [0.29, 0.717) is 12.0 Å². The number of halogens is 1. The quantitative estimate of drug-likeness (QED) is 0.624. The predicted octanol–water partition coefficient (Wildman–Crippen LogP) is 1.11. The molecule has 10 heteroatoms. The van der Waals surface area contributed by atoms with Gasteiger partial charge >= 0.3 is 0 Å². The van der Waals surface area contributed by atoms with Gasteiger partial charge in [0.1, 0.15) is 5.02 Å². The molecule has 0 aromatic heterocycles. The molecule has 0 aliphatic carbocycles. The van der Waals surface area contributed by atoms with Crippen LogP contribution in [0.25, 0.3) is 0 Å². The number of nitro benzene ring substituents is 1. The highest BCUT2D eigenvalue weighted by Crippen LogP contribution is 2.30. The predicted molar refractivity (Wildman–Crippen MR) is 79.2 cm³/mol. The summed E-state index contributed by atoms with van der Waals surface area (Å²) in [6, 6.07) is 1.75. The van der Waals surface area contributed by atoms with Crippen molar-refractivity contribution < 1.29 is 18.1 Å². The van der Waals surface area contributed by atoms with Crippen LogP contribution in [0, 0.1) is 17.0 Å². The van der Waals surface area contributed by atoms with Gasteiger partial charge in [-0.05, 0) is 25.0 Å². The zero-order valence-corrected chi connectivity index (χ0v) is 13.2. The SMILES string of the molecule is Cc1cc(Cl)c([N+](=O)[O-])cc1S(=O)(=O)N[C@@H]1CCC(=O)NC1. The van der Waals surface area contributed by atoms with Gasteiger partial charge in [0.2, 0.25) is 15.9 Å². The molecular weight excluding hydrogens is 334 g/mol. The molecule has 0 radical (unpaired) electrons. The molecule has 22 heavy (non-hydrogen) atoms. The number of carbonyl (C=O) groups is 1. The molecule has 1 fully saturated rings. The second kappa shape index (κ2) is 6.19. The van der Waals surface area contributed by atoms with E-state index in [9.17, 15) is 23.3 Å². The number of nitro groups is 1. The summed E-state index contributed by atoms with van der Waals surface area (Å²) in [5.74, 6) is -0.131. The second-order valence-corrected chi connectivity index (χ2v) is 7.08. The van der Waals surface area contributed by atoms with Crippen LogP contribution >= 0.6 is 11.6 Å². The second-order valence-electron chi connectivity index (χ2n) is 4.99. The molecule has 0 unspecified atom stereocenters. The summed E-state index contributed by atoms with van der Waals surface area (Å²) in [5.41, 5.74) is -0.160. The third kappa shape index (κ3) is 3.54.